The minimum atomic E-state index is -1.09. The number of rotatable bonds is 3. The normalized spacial score (nSPS) is 10.2. The second-order valence-electron chi connectivity index (χ2n) is 3.56. The molecule has 2 N–H and O–H groups in total. The van der Waals surface area contributed by atoms with Gasteiger partial charge in [0.05, 0.1) is 25.5 Å². The number of anilines is 1. The number of benzene rings is 1. The molecule has 1 aromatic carbocycles. The third-order valence-corrected chi connectivity index (χ3v) is 3.82. The van der Waals surface area contributed by atoms with E-state index in [0.717, 1.165) is 11.3 Å². The third kappa shape index (κ3) is 3.26. The number of aromatic carboxylic acids is 1. The van der Waals surface area contributed by atoms with Crippen molar-refractivity contribution < 1.29 is 14.7 Å². The predicted octanol–water partition coefficient (Wildman–Crippen LogP) is 4.01. The van der Waals surface area contributed by atoms with Crippen LogP contribution in [0.5, 0.6) is 0 Å². The standard InChI is InChI=1S/C12H7Cl2NO3S/c13-7-2-1-6(12(17)18)5-8(7)15-11(16)9-3-4-10(14)19-9/h1-5H,(H,15,16)(H,17,18). The maximum absolute atomic E-state index is 11.9. The van der Waals surface area contributed by atoms with Crippen molar-refractivity contribution in [2.45, 2.75) is 0 Å². The molecule has 0 atom stereocenters. The van der Waals surface area contributed by atoms with Crippen LogP contribution in [0.1, 0.15) is 20.0 Å². The Kier molecular flexibility index (Phi) is 4.09. The maximum Gasteiger partial charge on any atom is 0.335 e. The minimum absolute atomic E-state index is 0.0453. The number of halogens is 2. The van der Waals surface area contributed by atoms with Crippen molar-refractivity contribution in [2.75, 3.05) is 5.32 Å². The van der Waals surface area contributed by atoms with Crippen LogP contribution in [0.4, 0.5) is 5.69 Å². The first-order valence-electron chi connectivity index (χ1n) is 5.07. The molecular weight excluding hydrogens is 309 g/mol. The molecule has 1 heterocycles. The van der Waals surface area contributed by atoms with Gasteiger partial charge in [0.1, 0.15) is 0 Å². The van der Waals surface area contributed by atoms with E-state index in [1.807, 2.05) is 0 Å². The van der Waals surface area contributed by atoms with Gasteiger partial charge in [0.25, 0.3) is 5.91 Å². The summed E-state index contributed by atoms with van der Waals surface area (Å²) in [5, 5.41) is 11.7. The molecule has 0 bridgehead atoms. The quantitative estimate of drug-likeness (QED) is 0.899. The molecule has 2 rings (SSSR count). The number of amides is 1. The van der Waals surface area contributed by atoms with Crippen LogP contribution < -0.4 is 5.32 Å². The van der Waals surface area contributed by atoms with Gasteiger partial charge in [0.2, 0.25) is 0 Å². The van der Waals surface area contributed by atoms with Crippen molar-refractivity contribution in [3.05, 3.63) is 50.1 Å². The van der Waals surface area contributed by atoms with Gasteiger partial charge in [0, 0.05) is 0 Å². The molecule has 0 aliphatic heterocycles. The van der Waals surface area contributed by atoms with Crippen LogP contribution in [-0.4, -0.2) is 17.0 Å². The first-order valence-corrected chi connectivity index (χ1v) is 6.64. The molecule has 2 aromatic rings. The van der Waals surface area contributed by atoms with E-state index in [4.69, 9.17) is 28.3 Å². The number of carbonyl (C=O) groups is 2. The lowest BCUT2D eigenvalue weighted by Gasteiger charge is -2.07. The predicted molar refractivity (Wildman–Crippen MR) is 75.7 cm³/mol. The maximum atomic E-state index is 11.9. The smallest absolute Gasteiger partial charge is 0.335 e. The highest BCUT2D eigenvalue weighted by Gasteiger charge is 2.13. The number of carbonyl (C=O) groups excluding carboxylic acids is 1. The summed E-state index contributed by atoms with van der Waals surface area (Å²) < 4.78 is 0.496. The molecule has 0 aliphatic carbocycles. The summed E-state index contributed by atoms with van der Waals surface area (Å²) in [7, 11) is 0. The Morgan fingerprint density at radius 2 is 1.89 bits per heavy atom. The van der Waals surface area contributed by atoms with Crippen LogP contribution in [0, 0.1) is 0 Å². The zero-order valence-electron chi connectivity index (χ0n) is 9.31. The van der Waals surface area contributed by atoms with Gasteiger partial charge in [-0.25, -0.2) is 4.79 Å². The second-order valence-corrected chi connectivity index (χ2v) is 5.68. The van der Waals surface area contributed by atoms with Crippen molar-refractivity contribution >= 4 is 52.1 Å². The number of carboxylic acids is 1. The molecule has 0 unspecified atom stereocenters. The fourth-order valence-corrected chi connectivity index (χ4v) is 2.48. The van der Waals surface area contributed by atoms with Crippen molar-refractivity contribution in [3.63, 3.8) is 0 Å². The molecule has 0 radical (unpaired) electrons. The van der Waals surface area contributed by atoms with Crippen LogP contribution in [0.3, 0.4) is 0 Å². The molecule has 19 heavy (non-hydrogen) atoms. The zero-order chi connectivity index (χ0) is 14.0. The van der Waals surface area contributed by atoms with Gasteiger partial charge < -0.3 is 10.4 Å². The van der Waals surface area contributed by atoms with Gasteiger partial charge in [-0.1, -0.05) is 23.2 Å². The highest BCUT2D eigenvalue weighted by molar-refractivity contribution is 7.18. The molecule has 0 fully saturated rings. The molecule has 0 saturated carbocycles. The van der Waals surface area contributed by atoms with Gasteiger partial charge in [-0.15, -0.1) is 11.3 Å². The highest BCUT2D eigenvalue weighted by atomic mass is 35.5. The fraction of sp³-hybridized carbons (Fsp3) is 0. The Balaban J connectivity index is 2.25. The molecule has 0 spiro atoms. The summed E-state index contributed by atoms with van der Waals surface area (Å²) in [5.41, 5.74) is 0.292. The Bertz CT molecular complexity index is 654. The molecule has 0 saturated heterocycles. The third-order valence-electron chi connectivity index (χ3n) is 2.26. The Morgan fingerprint density at radius 1 is 1.16 bits per heavy atom. The van der Waals surface area contributed by atoms with Crippen molar-refractivity contribution in [1.29, 1.82) is 0 Å². The Morgan fingerprint density at radius 3 is 2.47 bits per heavy atom. The summed E-state index contributed by atoms with van der Waals surface area (Å²) in [4.78, 5) is 23.2. The van der Waals surface area contributed by atoms with E-state index < -0.39 is 5.97 Å². The lowest BCUT2D eigenvalue weighted by Crippen LogP contribution is -2.11. The summed E-state index contributed by atoms with van der Waals surface area (Å²) in [6.07, 6.45) is 0. The van der Waals surface area contributed by atoms with Crippen LogP contribution in [0.25, 0.3) is 0 Å². The average Bonchev–Trinajstić information content (AvgIpc) is 2.78. The van der Waals surface area contributed by atoms with E-state index in [-0.39, 0.29) is 22.2 Å². The van der Waals surface area contributed by atoms with Crippen LogP contribution in [0.15, 0.2) is 30.3 Å². The first-order chi connectivity index (χ1) is 8.97. The monoisotopic (exact) mass is 315 g/mol. The molecule has 7 heteroatoms. The average molecular weight is 316 g/mol. The van der Waals surface area contributed by atoms with Crippen LogP contribution >= 0.6 is 34.5 Å². The number of hydrogen-bond donors (Lipinski definition) is 2. The lowest BCUT2D eigenvalue weighted by atomic mass is 10.2. The topological polar surface area (TPSA) is 66.4 Å². The Labute approximate surface area is 122 Å². The zero-order valence-corrected chi connectivity index (χ0v) is 11.6. The number of hydrogen-bond acceptors (Lipinski definition) is 3. The van der Waals surface area contributed by atoms with E-state index >= 15 is 0 Å². The largest absolute Gasteiger partial charge is 0.478 e. The van der Waals surface area contributed by atoms with E-state index in [2.05, 4.69) is 5.32 Å². The summed E-state index contributed by atoms with van der Waals surface area (Å²) >= 11 is 12.8. The van der Waals surface area contributed by atoms with Crippen molar-refractivity contribution in [3.8, 4) is 0 Å². The van der Waals surface area contributed by atoms with Crippen LogP contribution in [0.2, 0.25) is 9.36 Å². The lowest BCUT2D eigenvalue weighted by molar-refractivity contribution is 0.0696. The fourth-order valence-electron chi connectivity index (χ4n) is 1.37. The van der Waals surface area contributed by atoms with E-state index in [1.54, 1.807) is 12.1 Å². The number of nitrogens with one attached hydrogen (secondary N) is 1. The summed E-state index contributed by atoms with van der Waals surface area (Å²) in [5.74, 6) is -1.48. The number of carboxylic acid groups (broad SMARTS) is 1. The number of thiophene rings is 1. The van der Waals surface area contributed by atoms with Gasteiger partial charge in [-0.05, 0) is 30.3 Å². The second kappa shape index (κ2) is 5.61. The summed E-state index contributed by atoms with van der Waals surface area (Å²) in [6, 6.07) is 7.27. The Hall–Kier alpha value is -1.56. The molecule has 4 nitrogen and oxygen atoms in total. The van der Waals surface area contributed by atoms with E-state index in [9.17, 15) is 9.59 Å². The summed E-state index contributed by atoms with van der Waals surface area (Å²) in [6.45, 7) is 0. The van der Waals surface area contributed by atoms with E-state index in [1.165, 1.54) is 18.2 Å². The van der Waals surface area contributed by atoms with Crippen molar-refractivity contribution in [2.24, 2.45) is 0 Å². The van der Waals surface area contributed by atoms with E-state index in [0.29, 0.717) is 9.21 Å². The minimum Gasteiger partial charge on any atom is -0.478 e. The van der Waals surface area contributed by atoms with Gasteiger partial charge in [-0.2, -0.15) is 0 Å². The van der Waals surface area contributed by atoms with Crippen molar-refractivity contribution in [1.82, 2.24) is 0 Å². The molecule has 1 aromatic heterocycles. The first kappa shape index (κ1) is 13.9. The molecular formula is C12H7Cl2NO3S. The molecule has 0 aliphatic rings. The highest BCUT2D eigenvalue weighted by Crippen LogP contribution is 2.26. The molecule has 98 valence electrons. The van der Waals surface area contributed by atoms with Gasteiger partial charge in [0.15, 0.2) is 0 Å². The SMILES string of the molecule is O=C(O)c1ccc(Cl)c(NC(=O)c2ccc(Cl)s2)c1. The molecule has 1 amide bonds. The van der Waals surface area contributed by atoms with Crippen LogP contribution in [-0.2, 0) is 0 Å². The van der Waals surface area contributed by atoms with Gasteiger partial charge in [-0.3, -0.25) is 4.79 Å². The van der Waals surface area contributed by atoms with Gasteiger partial charge >= 0.3 is 5.97 Å².